The molecule has 1 aliphatic heterocycles. The molecule has 1 fully saturated rings. The summed E-state index contributed by atoms with van der Waals surface area (Å²) in [5, 5.41) is 7.04. The smallest absolute Gasteiger partial charge is 0.253 e. The van der Waals surface area contributed by atoms with Crippen molar-refractivity contribution in [3.05, 3.63) is 28.8 Å². The molecule has 1 saturated heterocycles. The van der Waals surface area contributed by atoms with Gasteiger partial charge in [0.1, 0.15) is 0 Å². The van der Waals surface area contributed by atoms with Crippen LogP contribution in [0.5, 0.6) is 0 Å². The van der Waals surface area contributed by atoms with E-state index in [0.717, 1.165) is 17.9 Å². The number of rotatable bonds is 3. The van der Waals surface area contributed by atoms with Gasteiger partial charge in [0.2, 0.25) is 0 Å². The Morgan fingerprint density at radius 2 is 2.20 bits per heavy atom. The van der Waals surface area contributed by atoms with Gasteiger partial charge in [0.15, 0.2) is 0 Å². The quantitative estimate of drug-likeness (QED) is 0.842. The minimum Gasteiger partial charge on any atom is -0.347 e. The van der Waals surface area contributed by atoms with E-state index in [1.54, 1.807) is 17.8 Å². The molecule has 1 amide bonds. The van der Waals surface area contributed by atoms with E-state index in [1.807, 2.05) is 18.4 Å². The van der Waals surface area contributed by atoms with E-state index in [0.29, 0.717) is 16.5 Å². The Labute approximate surface area is 129 Å². The summed E-state index contributed by atoms with van der Waals surface area (Å²) in [6.07, 6.45) is 3.06. The van der Waals surface area contributed by atoms with Gasteiger partial charge in [-0.25, -0.2) is 0 Å². The highest BCUT2D eigenvalue weighted by Crippen LogP contribution is 2.24. The molecule has 5 heteroatoms. The molecule has 1 aliphatic rings. The van der Waals surface area contributed by atoms with Crippen molar-refractivity contribution in [2.24, 2.45) is 5.92 Å². The number of nitrogens with one attached hydrogen (secondary N) is 2. The number of thioether (sulfide) groups is 1. The zero-order valence-electron chi connectivity index (χ0n) is 12.1. The summed E-state index contributed by atoms with van der Waals surface area (Å²) < 4.78 is 0. The molecular weight excluding hydrogens is 292 g/mol. The van der Waals surface area contributed by atoms with Crippen LogP contribution in [0.25, 0.3) is 0 Å². The molecule has 3 nitrogen and oxygen atoms in total. The third kappa shape index (κ3) is 3.48. The van der Waals surface area contributed by atoms with Gasteiger partial charge in [0.25, 0.3) is 5.91 Å². The van der Waals surface area contributed by atoms with Crippen molar-refractivity contribution in [3.63, 3.8) is 0 Å². The minimum absolute atomic E-state index is 0.0849. The summed E-state index contributed by atoms with van der Waals surface area (Å²) in [7, 11) is 0. The van der Waals surface area contributed by atoms with Crippen LogP contribution < -0.4 is 10.6 Å². The monoisotopic (exact) mass is 312 g/mol. The van der Waals surface area contributed by atoms with Crippen molar-refractivity contribution in [2.75, 3.05) is 12.8 Å². The molecule has 0 bridgehead atoms. The van der Waals surface area contributed by atoms with Gasteiger partial charge < -0.3 is 10.6 Å². The summed E-state index contributed by atoms with van der Waals surface area (Å²) in [6.45, 7) is 5.31. The molecular formula is C15H21ClN2OS. The molecule has 1 aromatic carbocycles. The first-order chi connectivity index (χ1) is 9.52. The highest BCUT2D eigenvalue weighted by Gasteiger charge is 2.29. The second-order valence-electron chi connectivity index (χ2n) is 5.35. The van der Waals surface area contributed by atoms with Crippen LogP contribution in [-0.2, 0) is 0 Å². The first-order valence-corrected chi connectivity index (χ1v) is 8.51. The molecule has 0 saturated carbocycles. The number of benzene rings is 1. The second kappa shape index (κ2) is 6.83. The van der Waals surface area contributed by atoms with E-state index in [4.69, 9.17) is 11.6 Å². The summed E-state index contributed by atoms with van der Waals surface area (Å²) in [6, 6.07) is 6.00. The second-order valence-corrected chi connectivity index (χ2v) is 6.64. The Kier molecular flexibility index (Phi) is 5.35. The predicted octanol–water partition coefficient (Wildman–Crippen LogP) is 3.18. The average molecular weight is 313 g/mol. The fourth-order valence-corrected chi connectivity index (χ4v) is 3.28. The summed E-state index contributed by atoms with van der Waals surface area (Å²) in [4.78, 5) is 13.5. The first kappa shape index (κ1) is 15.7. The van der Waals surface area contributed by atoms with E-state index in [-0.39, 0.29) is 18.0 Å². The van der Waals surface area contributed by atoms with Crippen LogP contribution in [0, 0.1) is 5.92 Å². The van der Waals surface area contributed by atoms with E-state index in [1.165, 1.54) is 0 Å². The Morgan fingerprint density at radius 3 is 2.85 bits per heavy atom. The number of amides is 1. The lowest BCUT2D eigenvalue weighted by molar-refractivity contribution is 0.0897. The standard InChI is InChI=1S/C15H21ClN2OS/c1-9-6-7-17-10(2)14(9)18-15(19)12-8-11(20-3)4-5-13(12)16/h4-5,8-10,14,17H,6-7H2,1-3H3,(H,18,19). The zero-order valence-corrected chi connectivity index (χ0v) is 13.6. The number of hydrogen-bond donors (Lipinski definition) is 2. The van der Waals surface area contributed by atoms with E-state index in [2.05, 4.69) is 24.5 Å². The fraction of sp³-hybridized carbons (Fsp3) is 0.533. The minimum atomic E-state index is -0.0849. The molecule has 110 valence electrons. The molecule has 0 aliphatic carbocycles. The van der Waals surface area contributed by atoms with Crippen LogP contribution in [0.4, 0.5) is 0 Å². The van der Waals surface area contributed by atoms with Gasteiger partial charge in [-0.2, -0.15) is 0 Å². The third-order valence-electron chi connectivity index (χ3n) is 3.93. The first-order valence-electron chi connectivity index (χ1n) is 6.90. The maximum Gasteiger partial charge on any atom is 0.253 e. The zero-order chi connectivity index (χ0) is 14.7. The van der Waals surface area contributed by atoms with Crippen LogP contribution in [0.2, 0.25) is 5.02 Å². The van der Waals surface area contributed by atoms with Gasteiger partial charge in [-0.3, -0.25) is 4.79 Å². The van der Waals surface area contributed by atoms with Crippen molar-refractivity contribution in [1.29, 1.82) is 0 Å². The SMILES string of the molecule is CSc1ccc(Cl)c(C(=O)NC2C(C)CCNC2C)c1. The molecule has 0 aromatic heterocycles. The highest BCUT2D eigenvalue weighted by molar-refractivity contribution is 7.98. The van der Waals surface area contributed by atoms with E-state index < -0.39 is 0 Å². The molecule has 2 N–H and O–H groups in total. The molecule has 1 aromatic rings. The lowest BCUT2D eigenvalue weighted by Gasteiger charge is -2.36. The van der Waals surface area contributed by atoms with Gasteiger partial charge in [-0.05, 0) is 50.3 Å². The van der Waals surface area contributed by atoms with Crippen molar-refractivity contribution in [3.8, 4) is 0 Å². The van der Waals surface area contributed by atoms with Crippen molar-refractivity contribution < 1.29 is 4.79 Å². The summed E-state index contributed by atoms with van der Waals surface area (Å²) in [5.41, 5.74) is 0.559. The van der Waals surface area contributed by atoms with Crippen molar-refractivity contribution >= 4 is 29.3 Å². The number of piperidine rings is 1. The average Bonchev–Trinajstić information content (AvgIpc) is 2.43. The van der Waals surface area contributed by atoms with Gasteiger partial charge in [-0.1, -0.05) is 18.5 Å². The molecule has 1 heterocycles. The maximum atomic E-state index is 12.5. The Morgan fingerprint density at radius 1 is 1.45 bits per heavy atom. The number of carbonyl (C=O) groups is 1. The number of halogens is 1. The normalized spacial score (nSPS) is 26.3. The topological polar surface area (TPSA) is 41.1 Å². The summed E-state index contributed by atoms with van der Waals surface area (Å²) in [5.74, 6) is 0.385. The molecule has 3 unspecified atom stereocenters. The number of carbonyl (C=O) groups excluding carboxylic acids is 1. The van der Waals surface area contributed by atoms with Gasteiger partial charge in [0, 0.05) is 17.0 Å². The van der Waals surface area contributed by atoms with Crippen LogP contribution in [0.15, 0.2) is 23.1 Å². The molecule has 3 atom stereocenters. The Bertz CT molecular complexity index is 485. The van der Waals surface area contributed by atoms with Crippen LogP contribution >= 0.6 is 23.4 Å². The van der Waals surface area contributed by atoms with Crippen molar-refractivity contribution in [1.82, 2.24) is 10.6 Å². The van der Waals surface area contributed by atoms with Gasteiger partial charge >= 0.3 is 0 Å². The van der Waals surface area contributed by atoms with E-state index in [9.17, 15) is 4.79 Å². The fourth-order valence-electron chi connectivity index (χ4n) is 2.64. The molecule has 0 radical (unpaired) electrons. The van der Waals surface area contributed by atoms with Crippen LogP contribution in [-0.4, -0.2) is 30.8 Å². The van der Waals surface area contributed by atoms with Crippen LogP contribution in [0.3, 0.4) is 0 Å². The third-order valence-corrected chi connectivity index (χ3v) is 4.99. The lowest BCUT2D eigenvalue weighted by Crippen LogP contribution is -2.55. The summed E-state index contributed by atoms with van der Waals surface area (Å²) >= 11 is 7.76. The van der Waals surface area contributed by atoms with Gasteiger partial charge in [-0.15, -0.1) is 11.8 Å². The van der Waals surface area contributed by atoms with Crippen LogP contribution in [0.1, 0.15) is 30.6 Å². The van der Waals surface area contributed by atoms with Crippen molar-refractivity contribution in [2.45, 2.75) is 37.2 Å². The Balaban J connectivity index is 2.15. The lowest BCUT2D eigenvalue weighted by atomic mass is 9.89. The van der Waals surface area contributed by atoms with E-state index >= 15 is 0 Å². The largest absolute Gasteiger partial charge is 0.347 e. The number of hydrogen-bond acceptors (Lipinski definition) is 3. The molecule has 0 spiro atoms. The molecule has 2 rings (SSSR count). The Hall–Kier alpha value is -0.710. The maximum absolute atomic E-state index is 12.5. The predicted molar refractivity (Wildman–Crippen MR) is 85.7 cm³/mol. The van der Waals surface area contributed by atoms with Gasteiger partial charge in [0.05, 0.1) is 10.6 Å². The molecule has 20 heavy (non-hydrogen) atoms. The highest BCUT2D eigenvalue weighted by atomic mass is 35.5.